The summed E-state index contributed by atoms with van der Waals surface area (Å²) in [6.45, 7) is 3.08. The van der Waals surface area contributed by atoms with Crippen molar-refractivity contribution in [2.75, 3.05) is 19.6 Å². The normalized spacial score (nSPS) is 24.1. The van der Waals surface area contributed by atoms with Gasteiger partial charge in [-0.2, -0.15) is 0 Å². The molecule has 3 rings (SSSR count). The summed E-state index contributed by atoms with van der Waals surface area (Å²) in [5, 5.41) is 7.07. The lowest BCUT2D eigenvalue weighted by Crippen LogP contribution is -2.43. The van der Waals surface area contributed by atoms with Crippen molar-refractivity contribution in [3.8, 4) is 0 Å². The number of nitrogens with one attached hydrogen (secondary N) is 2. The minimum Gasteiger partial charge on any atom is -0.351 e. The number of benzene rings is 1. The van der Waals surface area contributed by atoms with Crippen molar-refractivity contribution in [2.24, 2.45) is 17.1 Å². The molecule has 2 saturated carbocycles. The summed E-state index contributed by atoms with van der Waals surface area (Å²) < 4.78 is 0. The Morgan fingerprint density at radius 1 is 1.26 bits per heavy atom. The molecule has 2 radical (unpaired) electrons. The SMILES string of the molecule is NCCCNCc1ccc(Cl)c(C(=O)NCC23CCCC(CCC2)C3)c1.[CH2]. The molecular formula is C22H34ClN3O. The van der Waals surface area contributed by atoms with E-state index < -0.39 is 0 Å². The largest absolute Gasteiger partial charge is 0.351 e. The average Bonchev–Trinajstić information content (AvgIpc) is 2.65. The minimum absolute atomic E-state index is 0. The van der Waals surface area contributed by atoms with Gasteiger partial charge in [-0.05, 0) is 67.8 Å². The van der Waals surface area contributed by atoms with Crippen molar-refractivity contribution < 1.29 is 4.79 Å². The zero-order valence-electron chi connectivity index (χ0n) is 16.4. The number of carbonyl (C=O) groups excluding carboxylic acids is 1. The molecular weight excluding hydrogens is 358 g/mol. The molecule has 1 amide bonds. The number of rotatable bonds is 8. The molecule has 0 heterocycles. The van der Waals surface area contributed by atoms with Gasteiger partial charge in [0.25, 0.3) is 5.91 Å². The predicted octanol–water partition coefficient (Wildman–Crippen LogP) is 4.20. The van der Waals surface area contributed by atoms with E-state index in [0.717, 1.165) is 37.5 Å². The molecule has 150 valence electrons. The second-order valence-corrected chi connectivity index (χ2v) is 8.58. The molecule has 0 aromatic heterocycles. The van der Waals surface area contributed by atoms with E-state index in [4.69, 9.17) is 17.3 Å². The molecule has 0 unspecified atom stereocenters. The fourth-order valence-electron chi connectivity index (χ4n) is 4.75. The van der Waals surface area contributed by atoms with E-state index in [1.807, 2.05) is 18.2 Å². The Bertz CT molecular complexity index is 610. The lowest BCUT2D eigenvalue weighted by molar-refractivity contribution is 0.0681. The van der Waals surface area contributed by atoms with Crippen molar-refractivity contribution >= 4 is 17.5 Å². The Morgan fingerprint density at radius 2 is 2.00 bits per heavy atom. The van der Waals surface area contributed by atoms with Gasteiger partial charge in [-0.1, -0.05) is 50.8 Å². The predicted molar refractivity (Wildman–Crippen MR) is 113 cm³/mol. The summed E-state index contributed by atoms with van der Waals surface area (Å²) in [5.41, 5.74) is 7.50. The van der Waals surface area contributed by atoms with Crippen LogP contribution in [0.4, 0.5) is 0 Å². The monoisotopic (exact) mass is 391 g/mol. The number of amides is 1. The standard InChI is InChI=1S/C21H32ClN3O.CH2/c22-19-7-6-17(14-24-11-3-10-23)12-18(19)20(26)25-15-21-8-1-4-16(13-21)5-2-9-21;/h6-7,12,16,24H,1-5,8-11,13-15,23H2,(H,25,26);1H2. The molecule has 1 aromatic carbocycles. The van der Waals surface area contributed by atoms with E-state index in [1.54, 1.807) is 0 Å². The highest BCUT2D eigenvalue weighted by Gasteiger charge is 2.39. The highest BCUT2D eigenvalue weighted by molar-refractivity contribution is 6.33. The van der Waals surface area contributed by atoms with Crippen LogP contribution in [-0.2, 0) is 6.54 Å². The molecule has 0 spiro atoms. The molecule has 1 aromatic rings. The maximum atomic E-state index is 12.8. The van der Waals surface area contributed by atoms with Gasteiger partial charge in [0.1, 0.15) is 0 Å². The molecule has 2 aliphatic rings. The van der Waals surface area contributed by atoms with Crippen molar-refractivity contribution in [1.29, 1.82) is 0 Å². The molecule has 2 bridgehead atoms. The van der Waals surface area contributed by atoms with Crippen LogP contribution in [0.5, 0.6) is 0 Å². The average molecular weight is 392 g/mol. The molecule has 0 saturated heterocycles. The van der Waals surface area contributed by atoms with Crippen LogP contribution < -0.4 is 16.4 Å². The Morgan fingerprint density at radius 3 is 2.70 bits per heavy atom. The van der Waals surface area contributed by atoms with Gasteiger partial charge in [-0.3, -0.25) is 4.79 Å². The molecule has 0 aliphatic heterocycles. The van der Waals surface area contributed by atoms with Gasteiger partial charge in [0.2, 0.25) is 0 Å². The molecule has 0 atom stereocenters. The zero-order valence-corrected chi connectivity index (χ0v) is 17.1. The lowest BCUT2D eigenvalue weighted by atomic mass is 9.62. The van der Waals surface area contributed by atoms with E-state index >= 15 is 0 Å². The molecule has 4 N–H and O–H groups in total. The van der Waals surface area contributed by atoms with Crippen molar-refractivity contribution in [1.82, 2.24) is 10.6 Å². The maximum Gasteiger partial charge on any atom is 0.252 e. The third-order valence-electron chi connectivity index (χ3n) is 6.15. The van der Waals surface area contributed by atoms with E-state index in [-0.39, 0.29) is 13.3 Å². The number of carbonyl (C=O) groups is 1. The second-order valence-electron chi connectivity index (χ2n) is 8.17. The summed E-state index contributed by atoms with van der Waals surface area (Å²) >= 11 is 6.30. The lowest BCUT2D eigenvalue weighted by Gasteiger charge is -2.45. The maximum absolute atomic E-state index is 12.8. The summed E-state index contributed by atoms with van der Waals surface area (Å²) in [4.78, 5) is 12.8. The highest BCUT2D eigenvalue weighted by atomic mass is 35.5. The van der Waals surface area contributed by atoms with Crippen molar-refractivity contribution in [3.05, 3.63) is 41.8 Å². The van der Waals surface area contributed by atoms with Gasteiger partial charge in [0.05, 0.1) is 10.6 Å². The van der Waals surface area contributed by atoms with Crippen LogP contribution in [0.3, 0.4) is 0 Å². The molecule has 5 heteroatoms. The van der Waals surface area contributed by atoms with E-state index in [0.29, 0.717) is 22.5 Å². The van der Waals surface area contributed by atoms with Gasteiger partial charge in [0.15, 0.2) is 0 Å². The van der Waals surface area contributed by atoms with Crippen LogP contribution in [0.2, 0.25) is 5.02 Å². The molecule has 27 heavy (non-hydrogen) atoms. The summed E-state index contributed by atoms with van der Waals surface area (Å²) in [6, 6.07) is 5.71. The van der Waals surface area contributed by atoms with Gasteiger partial charge in [-0.15, -0.1) is 0 Å². The van der Waals surface area contributed by atoms with Gasteiger partial charge >= 0.3 is 0 Å². The third kappa shape index (κ3) is 5.94. The van der Waals surface area contributed by atoms with Crippen LogP contribution in [-0.4, -0.2) is 25.5 Å². The zero-order chi connectivity index (χ0) is 18.4. The highest BCUT2D eigenvalue weighted by Crippen LogP contribution is 2.48. The number of fused-ring (bicyclic) bond motifs is 2. The first-order chi connectivity index (χ1) is 12.6. The first-order valence-electron chi connectivity index (χ1n) is 10.1. The summed E-state index contributed by atoms with van der Waals surface area (Å²) in [6.07, 6.45) is 10.1. The van der Waals surface area contributed by atoms with Crippen LogP contribution in [0.1, 0.15) is 67.3 Å². The van der Waals surface area contributed by atoms with Gasteiger partial charge in [-0.25, -0.2) is 0 Å². The number of hydrogen-bond acceptors (Lipinski definition) is 3. The molecule has 4 nitrogen and oxygen atoms in total. The number of halogens is 1. The van der Waals surface area contributed by atoms with Crippen LogP contribution in [0.15, 0.2) is 18.2 Å². The minimum atomic E-state index is -0.0409. The number of nitrogens with two attached hydrogens (primary N) is 1. The van der Waals surface area contributed by atoms with E-state index in [2.05, 4.69) is 10.6 Å². The van der Waals surface area contributed by atoms with E-state index in [9.17, 15) is 4.79 Å². The molecule has 2 fully saturated rings. The van der Waals surface area contributed by atoms with Crippen LogP contribution in [0.25, 0.3) is 0 Å². The fourth-order valence-corrected chi connectivity index (χ4v) is 4.95. The topological polar surface area (TPSA) is 67.1 Å². The third-order valence-corrected chi connectivity index (χ3v) is 6.48. The summed E-state index contributed by atoms with van der Waals surface area (Å²) in [7, 11) is 0. The first-order valence-corrected chi connectivity index (χ1v) is 10.5. The Kier molecular flexibility index (Phi) is 8.59. The van der Waals surface area contributed by atoms with Gasteiger partial charge < -0.3 is 16.4 Å². The van der Waals surface area contributed by atoms with Gasteiger partial charge in [0, 0.05) is 13.1 Å². The van der Waals surface area contributed by atoms with Crippen molar-refractivity contribution in [3.63, 3.8) is 0 Å². The smallest absolute Gasteiger partial charge is 0.252 e. The van der Waals surface area contributed by atoms with E-state index in [1.165, 1.54) is 44.9 Å². The first kappa shape index (κ1) is 22.2. The quantitative estimate of drug-likeness (QED) is 0.582. The Balaban J connectivity index is 0.00000261. The van der Waals surface area contributed by atoms with Crippen LogP contribution >= 0.6 is 11.6 Å². The second kappa shape index (κ2) is 10.4. The Labute approximate surface area is 169 Å². The summed E-state index contributed by atoms with van der Waals surface area (Å²) in [5.74, 6) is 0.835. The molecule has 2 aliphatic carbocycles. The Hall–Kier alpha value is -1.10. The van der Waals surface area contributed by atoms with Crippen molar-refractivity contribution in [2.45, 2.75) is 57.9 Å². The fraction of sp³-hybridized carbons (Fsp3) is 0.636. The number of hydrogen-bond donors (Lipinski definition) is 3. The van der Waals surface area contributed by atoms with Crippen LogP contribution in [0, 0.1) is 18.8 Å².